The predicted octanol–water partition coefficient (Wildman–Crippen LogP) is 0.643. The van der Waals surface area contributed by atoms with E-state index in [4.69, 9.17) is 0 Å². The molecule has 0 spiro atoms. The number of imidazole rings is 1. The summed E-state index contributed by atoms with van der Waals surface area (Å²) in [5.74, 6) is 0.275. The second-order valence-corrected chi connectivity index (χ2v) is 7.51. The van der Waals surface area contributed by atoms with E-state index >= 15 is 0 Å². The van der Waals surface area contributed by atoms with E-state index in [0.717, 1.165) is 24.9 Å². The smallest absolute Gasteiger partial charge is 0.323 e. The van der Waals surface area contributed by atoms with E-state index in [-0.39, 0.29) is 25.1 Å². The van der Waals surface area contributed by atoms with Crippen LogP contribution in [-0.2, 0) is 24.3 Å². The van der Waals surface area contributed by atoms with Gasteiger partial charge in [0.05, 0.1) is 12.9 Å². The number of amides is 3. The number of nitrogens with one attached hydrogen (secondary N) is 1. The summed E-state index contributed by atoms with van der Waals surface area (Å²) in [6.45, 7) is 2.16. The Morgan fingerprint density at radius 3 is 2.87 bits per heavy atom. The van der Waals surface area contributed by atoms with Crippen molar-refractivity contribution in [3.63, 3.8) is 0 Å². The average molecular weight is 410 g/mol. The lowest BCUT2D eigenvalue weighted by molar-refractivity contribution is -0.130. The number of aliphatic hydroxyl groups excluding tert-OH is 1. The van der Waals surface area contributed by atoms with Gasteiger partial charge in [-0.2, -0.15) is 0 Å². The number of fused-ring (bicyclic) bond motifs is 1. The molecule has 2 aliphatic rings. The normalized spacial score (nSPS) is 19.8. The number of carbonyl (C=O) groups excluding carboxylic acids is 2. The van der Waals surface area contributed by atoms with Crippen LogP contribution in [0.25, 0.3) is 0 Å². The molecule has 158 valence electrons. The van der Waals surface area contributed by atoms with Crippen LogP contribution in [0.3, 0.4) is 0 Å². The maximum atomic E-state index is 12.6. The van der Waals surface area contributed by atoms with E-state index < -0.39 is 6.04 Å². The highest BCUT2D eigenvalue weighted by Crippen LogP contribution is 2.18. The molecule has 1 saturated heterocycles. The molecule has 0 bridgehead atoms. The Kier molecular flexibility index (Phi) is 6.08. The van der Waals surface area contributed by atoms with Gasteiger partial charge in [0.15, 0.2) is 0 Å². The molecule has 1 aromatic heterocycles. The first-order chi connectivity index (χ1) is 14.7. The Hall–Kier alpha value is -3.20. The highest BCUT2D eigenvalue weighted by Gasteiger charge is 2.35. The van der Waals surface area contributed by atoms with E-state index in [1.54, 1.807) is 22.3 Å². The molecular formula is C21H26N6O3. The van der Waals surface area contributed by atoms with Gasteiger partial charge in [-0.1, -0.05) is 24.3 Å². The van der Waals surface area contributed by atoms with E-state index in [2.05, 4.69) is 21.4 Å². The number of carbonyl (C=O) groups is 2. The van der Waals surface area contributed by atoms with E-state index in [0.29, 0.717) is 25.5 Å². The third kappa shape index (κ3) is 4.35. The maximum Gasteiger partial charge on any atom is 0.323 e. The number of benzene rings is 1. The largest absolute Gasteiger partial charge is 0.394 e. The SMILES string of the molecule is O=C(CN=C1NC(=O)N(CCCn2ccnc2)C1CO)N1CCc2ccccc2C1. The van der Waals surface area contributed by atoms with Crippen molar-refractivity contribution in [1.29, 1.82) is 0 Å². The molecule has 2 aliphatic heterocycles. The number of urea groups is 1. The Labute approximate surface area is 175 Å². The molecule has 3 amide bonds. The minimum absolute atomic E-state index is 0.0445. The van der Waals surface area contributed by atoms with Gasteiger partial charge < -0.3 is 19.5 Å². The lowest BCUT2D eigenvalue weighted by Crippen LogP contribution is -2.40. The molecule has 30 heavy (non-hydrogen) atoms. The molecule has 2 N–H and O–H groups in total. The van der Waals surface area contributed by atoms with Crippen LogP contribution in [-0.4, -0.2) is 74.5 Å². The van der Waals surface area contributed by atoms with Gasteiger partial charge in [0, 0.05) is 38.6 Å². The average Bonchev–Trinajstić information content (AvgIpc) is 3.39. The Morgan fingerprint density at radius 2 is 2.10 bits per heavy atom. The maximum absolute atomic E-state index is 12.6. The molecule has 4 rings (SSSR count). The molecule has 9 heteroatoms. The Balaban J connectivity index is 1.33. The van der Waals surface area contributed by atoms with Crippen LogP contribution in [0.5, 0.6) is 0 Å². The lowest BCUT2D eigenvalue weighted by Gasteiger charge is -2.28. The number of hydrogen-bond donors (Lipinski definition) is 2. The van der Waals surface area contributed by atoms with Crippen molar-refractivity contribution >= 4 is 17.8 Å². The number of aryl methyl sites for hydroxylation is 1. The molecule has 0 aliphatic carbocycles. The zero-order valence-electron chi connectivity index (χ0n) is 16.8. The van der Waals surface area contributed by atoms with Crippen LogP contribution >= 0.6 is 0 Å². The van der Waals surface area contributed by atoms with Crippen molar-refractivity contribution in [2.75, 3.05) is 26.2 Å². The van der Waals surface area contributed by atoms with Crippen LogP contribution < -0.4 is 5.32 Å². The number of hydrogen-bond acceptors (Lipinski definition) is 5. The number of aromatic nitrogens is 2. The van der Waals surface area contributed by atoms with E-state index in [9.17, 15) is 14.7 Å². The van der Waals surface area contributed by atoms with Gasteiger partial charge in [0.2, 0.25) is 5.91 Å². The quantitative estimate of drug-likeness (QED) is 0.699. The summed E-state index contributed by atoms with van der Waals surface area (Å²) < 4.78 is 1.94. The summed E-state index contributed by atoms with van der Waals surface area (Å²) in [6, 6.07) is 7.29. The summed E-state index contributed by atoms with van der Waals surface area (Å²) in [5, 5.41) is 12.5. The Bertz CT molecular complexity index is 927. The molecule has 0 saturated carbocycles. The fourth-order valence-electron chi connectivity index (χ4n) is 3.95. The Morgan fingerprint density at radius 1 is 1.27 bits per heavy atom. The van der Waals surface area contributed by atoms with Crippen molar-refractivity contribution in [3.8, 4) is 0 Å². The zero-order valence-corrected chi connectivity index (χ0v) is 16.8. The molecule has 2 aromatic rings. The number of nitrogens with zero attached hydrogens (tertiary/aromatic N) is 5. The first-order valence-corrected chi connectivity index (χ1v) is 10.2. The van der Waals surface area contributed by atoms with Crippen molar-refractivity contribution < 1.29 is 14.7 Å². The number of aliphatic hydroxyl groups is 1. The first kappa shape index (κ1) is 20.1. The summed E-state index contributed by atoms with van der Waals surface area (Å²) in [4.78, 5) is 36.7. The third-order valence-corrected chi connectivity index (χ3v) is 5.60. The van der Waals surface area contributed by atoms with Gasteiger partial charge in [-0.05, 0) is 24.0 Å². The summed E-state index contributed by atoms with van der Waals surface area (Å²) in [7, 11) is 0. The van der Waals surface area contributed by atoms with Crippen LogP contribution in [0.15, 0.2) is 48.0 Å². The standard InChI is InChI=1S/C21H26N6O3/c28-14-18-20(24-21(30)27(18)9-3-8-25-11-7-22-15-25)23-12-19(29)26-10-6-16-4-1-2-5-17(16)13-26/h1-2,4-5,7,11,15,18,28H,3,6,8-10,12-14H2,(H,23,24,30). The second kappa shape index (κ2) is 9.08. The van der Waals surface area contributed by atoms with Crippen molar-refractivity contribution in [2.24, 2.45) is 4.99 Å². The highest BCUT2D eigenvalue weighted by atomic mass is 16.3. The van der Waals surface area contributed by atoms with E-state index in [1.165, 1.54) is 5.56 Å². The molecule has 1 unspecified atom stereocenters. The molecule has 1 aromatic carbocycles. The highest BCUT2D eigenvalue weighted by molar-refractivity contribution is 6.07. The molecule has 0 radical (unpaired) electrons. The van der Waals surface area contributed by atoms with Crippen molar-refractivity contribution in [2.45, 2.75) is 32.0 Å². The van der Waals surface area contributed by atoms with Crippen LogP contribution in [0.4, 0.5) is 4.79 Å². The lowest BCUT2D eigenvalue weighted by atomic mass is 10.00. The molecular weight excluding hydrogens is 384 g/mol. The van der Waals surface area contributed by atoms with Gasteiger partial charge in [0.25, 0.3) is 0 Å². The van der Waals surface area contributed by atoms with Crippen LogP contribution in [0.2, 0.25) is 0 Å². The zero-order chi connectivity index (χ0) is 20.9. The van der Waals surface area contributed by atoms with Crippen LogP contribution in [0.1, 0.15) is 17.5 Å². The summed E-state index contributed by atoms with van der Waals surface area (Å²) in [6.07, 6.45) is 6.86. The monoisotopic (exact) mass is 410 g/mol. The van der Waals surface area contributed by atoms with Gasteiger partial charge in [0.1, 0.15) is 18.4 Å². The predicted molar refractivity (Wildman–Crippen MR) is 111 cm³/mol. The molecule has 9 nitrogen and oxygen atoms in total. The summed E-state index contributed by atoms with van der Waals surface area (Å²) in [5.41, 5.74) is 2.44. The number of amidine groups is 1. The van der Waals surface area contributed by atoms with Gasteiger partial charge in [-0.25, -0.2) is 9.78 Å². The fraction of sp³-hybridized carbons (Fsp3) is 0.429. The molecule has 1 atom stereocenters. The van der Waals surface area contributed by atoms with Gasteiger partial charge in [-0.3, -0.25) is 15.1 Å². The van der Waals surface area contributed by atoms with E-state index in [1.807, 2.05) is 29.0 Å². The fourth-order valence-corrected chi connectivity index (χ4v) is 3.95. The number of aliphatic imine (C=N–C) groups is 1. The van der Waals surface area contributed by atoms with Gasteiger partial charge >= 0.3 is 6.03 Å². The first-order valence-electron chi connectivity index (χ1n) is 10.2. The van der Waals surface area contributed by atoms with Crippen molar-refractivity contribution in [1.82, 2.24) is 24.7 Å². The van der Waals surface area contributed by atoms with Gasteiger partial charge in [-0.15, -0.1) is 0 Å². The molecule has 1 fully saturated rings. The van der Waals surface area contributed by atoms with Crippen molar-refractivity contribution in [3.05, 3.63) is 54.1 Å². The molecule has 3 heterocycles. The number of rotatable bonds is 7. The summed E-state index contributed by atoms with van der Waals surface area (Å²) >= 11 is 0. The third-order valence-electron chi connectivity index (χ3n) is 5.60. The topological polar surface area (TPSA) is 103 Å². The minimum atomic E-state index is -0.546. The van der Waals surface area contributed by atoms with Crippen LogP contribution in [0, 0.1) is 0 Å². The second-order valence-electron chi connectivity index (χ2n) is 7.51. The minimum Gasteiger partial charge on any atom is -0.394 e.